The van der Waals surface area contributed by atoms with Gasteiger partial charge in [-0.3, -0.25) is 9.59 Å². The van der Waals surface area contributed by atoms with E-state index >= 15 is 0 Å². The van der Waals surface area contributed by atoms with Gasteiger partial charge in [0.15, 0.2) is 5.78 Å². The minimum absolute atomic E-state index is 0.203. The smallest absolute Gasteiger partial charge is 0.223 e. The van der Waals surface area contributed by atoms with Crippen LogP contribution in [0.3, 0.4) is 0 Å². The third-order valence-electron chi connectivity index (χ3n) is 4.54. The summed E-state index contributed by atoms with van der Waals surface area (Å²) in [6.07, 6.45) is 3.68. The Bertz CT molecular complexity index is 583. The minimum Gasteiger partial charge on any atom is -0.488 e. The molecule has 0 atom stereocenters. The van der Waals surface area contributed by atoms with Crippen LogP contribution in [0.2, 0.25) is 0 Å². The summed E-state index contributed by atoms with van der Waals surface area (Å²) in [6.45, 7) is 7.51. The predicted molar refractivity (Wildman–Crippen MR) is 90.4 cm³/mol. The number of ether oxygens (including phenoxy) is 1. The number of carbonyl (C=O) groups excluding carboxylic acids is 2. The number of rotatable bonds is 7. The lowest BCUT2D eigenvalue weighted by atomic mass is 9.80. The van der Waals surface area contributed by atoms with E-state index in [0.717, 1.165) is 24.8 Å². The molecule has 1 aromatic rings. The second kappa shape index (κ2) is 6.34. The summed E-state index contributed by atoms with van der Waals surface area (Å²) >= 11 is 0. The summed E-state index contributed by atoms with van der Waals surface area (Å²) in [5.41, 5.74) is 5.02. The van der Waals surface area contributed by atoms with Crippen molar-refractivity contribution >= 4 is 11.7 Å². The summed E-state index contributed by atoms with van der Waals surface area (Å²) < 4.78 is 6.00. The summed E-state index contributed by atoms with van der Waals surface area (Å²) in [5, 5.41) is 0. The molecule has 0 spiro atoms. The molecular weight excluding hydrogens is 290 g/mol. The van der Waals surface area contributed by atoms with E-state index in [9.17, 15) is 9.59 Å². The highest BCUT2D eigenvalue weighted by Gasteiger charge is 2.34. The van der Waals surface area contributed by atoms with Crippen LogP contribution in [-0.2, 0) is 4.79 Å². The molecule has 4 nitrogen and oxygen atoms in total. The van der Waals surface area contributed by atoms with Crippen LogP contribution in [0.5, 0.6) is 5.75 Å². The number of primary amides is 1. The molecule has 0 radical (unpaired) electrons. The number of nitrogens with two attached hydrogens (primary N) is 1. The van der Waals surface area contributed by atoms with Crippen LogP contribution < -0.4 is 10.5 Å². The molecule has 0 aliphatic heterocycles. The molecule has 2 rings (SSSR count). The maximum Gasteiger partial charge on any atom is 0.223 e. The van der Waals surface area contributed by atoms with Gasteiger partial charge >= 0.3 is 0 Å². The molecule has 1 amide bonds. The van der Waals surface area contributed by atoms with Gasteiger partial charge in [0, 0.05) is 23.3 Å². The van der Waals surface area contributed by atoms with Crippen molar-refractivity contribution in [1.29, 1.82) is 0 Å². The molecule has 1 aliphatic rings. The van der Waals surface area contributed by atoms with Crippen LogP contribution in [-0.4, -0.2) is 17.3 Å². The Balaban J connectivity index is 2.02. The maximum absolute atomic E-state index is 12.2. The zero-order valence-electron chi connectivity index (χ0n) is 14.5. The van der Waals surface area contributed by atoms with E-state index in [1.165, 1.54) is 0 Å². The van der Waals surface area contributed by atoms with Crippen molar-refractivity contribution in [2.24, 2.45) is 17.1 Å². The lowest BCUT2D eigenvalue weighted by Gasteiger charge is -2.33. The fourth-order valence-electron chi connectivity index (χ4n) is 3.10. The summed E-state index contributed by atoms with van der Waals surface area (Å²) in [4.78, 5) is 23.7. The molecule has 2 N–H and O–H groups in total. The van der Waals surface area contributed by atoms with Gasteiger partial charge in [0.05, 0.1) is 0 Å². The van der Waals surface area contributed by atoms with E-state index in [0.29, 0.717) is 12.2 Å². The van der Waals surface area contributed by atoms with Crippen molar-refractivity contribution in [2.75, 3.05) is 0 Å². The first kappa shape index (κ1) is 17.5. The van der Waals surface area contributed by atoms with Gasteiger partial charge in [0.2, 0.25) is 5.91 Å². The van der Waals surface area contributed by atoms with E-state index < -0.39 is 11.0 Å². The fourth-order valence-corrected chi connectivity index (χ4v) is 3.10. The summed E-state index contributed by atoms with van der Waals surface area (Å²) in [5.74, 6) is 0.794. The molecule has 0 aromatic heterocycles. The van der Waals surface area contributed by atoms with E-state index in [2.05, 4.69) is 0 Å². The molecule has 1 aromatic carbocycles. The molecule has 23 heavy (non-hydrogen) atoms. The third kappa shape index (κ3) is 4.34. The Labute approximate surface area is 138 Å². The van der Waals surface area contributed by atoms with Crippen LogP contribution in [0.4, 0.5) is 0 Å². The Kier molecular flexibility index (Phi) is 4.83. The van der Waals surface area contributed by atoms with E-state index in [4.69, 9.17) is 10.5 Å². The highest BCUT2D eigenvalue weighted by atomic mass is 16.5. The molecule has 0 unspecified atom stereocenters. The SMILES string of the molecule is CC(C)(CC(C)(C)C(N)=O)Oc1ccc(C(=O)C2CCC2)cc1. The second-order valence-corrected chi connectivity index (χ2v) is 7.80. The third-order valence-corrected chi connectivity index (χ3v) is 4.54. The molecule has 1 saturated carbocycles. The zero-order valence-corrected chi connectivity index (χ0v) is 14.5. The number of benzene rings is 1. The normalized spacial score (nSPS) is 15.8. The first-order chi connectivity index (χ1) is 10.6. The number of carbonyl (C=O) groups is 2. The van der Waals surface area contributed by atoms with Gasteiger partial charge in [-0.25, -0.2) is 0 Å². The van der Waals surface area contributed by atoms with Gasteiger partial charge in [-0.2, -0.15) is 0 Å². The number of hydrogen-bond acceptors (Lipinski definition) is 3. The Morgan fingerprint density at radius 3 is 2.13 bits per heavy atom. The quantitative estimate of drug-likeness (QED) is 0.779. The number of ketones is 1. The van der Waals surface area contributed by atoms with Gasteiger partial charge < -0.3 is 10.5 Å². The minimum atomic E-state index is -0.635. The topological polar surface area (TPSA) is 69.4 Å². The van der Waals surface area contributed by atoms with E-state index in [1.54, 1.807) is 0 Å². The predicted octanol–water partition coefficient (Wildman–Crippen LogP) is 3.73. The van der Waals surface area contributed by atoms with Crippen molar-refractivity contribution in [1.82, 2.24) is 0 Å². The molecule has 0 saturated heterocycles. The summed E-state index contributed by atoms with van der Waals surface area (Å²) in [6, 6.07) is 7.30. The number of Topliss-reactive ketones (excluding diaryl/α,β-unsaturated/α-hetero) is 1. The fraction of sp³-hybridized carbons (Fsp3) is 0.579. The van der Waals surface area contributed by atoms with Gasteiger partial charge in [-0.1, -0.05) is 20.3 Å². The highest BCUT2D eigenvalue weighted by molar-refractivity contribution is 5.98. The van der Waals surface area contributed by atoms with Crippen molar-refractivity contribution in [3.8, 4) is 5.75 Å². The maximum atomic E-state index is 12.2. The Morgan fingerprint density at radius 1 is 1.13 bits per heavy atom. The molecule has 1 aliphatic carbocycles. The van der Waals surface area contributed by atoms with Crippen LogP contribution in [0, 0.1) is 11.3 Å². The molecule has 0 bridgehead atoms. The van der Waals surface area contributed by atoms with Crippen molar-refractivity contribution in [3.63, 3.8) is 0 Å². The molecule has 4 heteroatoms. The largest absolute Gasteiger partial charge is 0.488 e. The van der Waals surface area contributed by atoms with Crippen LogP contribution in [0.1, 0.15) is 63.7 Å². The van der Waals surface area contributed by atoms with Crippen molar-refractivity contribution in [2.45, 2.75) is 59.0 Å². The highest BCUT2D eigenvalue weighted by Crippen LogP contribution is 2.33. The number of amides is 1. The summed E-state index contributed by atoms with van der Waals surface area (Å²) in [7, 11) is 0. The lowest BCUT2D eigenvalue weighted by Crippen LogP contribution is -2.41. The molecular formula is C19H27NO3. The molecule has 0 heterocycles. The molecule has 1 fully saturated rings. The lowest BCUT2D eigenvalue weighted by molar-refractivity contribution is -0.128. The average Bonchev–Trinajstić information content (AvgIpc) is 2.35. The van der Waals surface area contributed by atoms with E-state index in [1.807, 2.05) is 52.0 Å². The van der Waals surface area contributed by atoms with Gasteiger partial charge in [0.1, 0.15) is 11.4 Å². The van der Waals surface area contributed by atoms with Gasteiger partial charge in [0.25, 0.3) is 0 Å². The van der Waals surface area contributed by atoms with Crippen LogP contribution >= 0.6 is 0 Å². The van der Waals surface area contributed by atoms with Crippen LogP contribution in [0.25, 0.3) is 0 Å². The van der Waals surface area contributed by atoms with E-state index in [-0.39, 0.29) is 17.6 Å². The van der Waals surface area contributed by atoms with Crippen LogP contribution in [0.15, 0.2) is 24.3 Å². The standard InChI is InChI=1S/C19H27NO3/c1-18(2,17(20)22)12-19(3,4)23-15-10-8-14(9-11-15)16(21)13-6-5-7-13/h8-11,13H,5-7,12H2,1-4H3,(H2,20,22). The second-order valence-electron chi connectivity index (χ2n) is 7.80. The Morgan fingerprint density at radius 2 is 1.70 bits per heavy atom. The number of hydrogen-bond donors (Lipinski definition) is 1. The van der Waals surface area contributed by atoms with Gasteiger partial charge in [-0.15, -0.1) is 0 Å². The van der Waals surface area contributed by atoms with Crippen molar-refractivity contribution < 1.29 is 14.3 Å². The monoisotopic (exact) mass is 317 g/mol. The average molecular weight is 317 g/mol. The van der Waals surface area contributed by atoms with Gasteiger partial charge in [-0.05, 0) is 51.0 Å². The van der Waals surface area contributed by atoms with Crippen molar-refractivity contribution in [3.05, 3.63) is 29.8 Å². The first-order valence-electron chi connectivity index (χ1n) is 8.24. The molecule has 126 valence electrons. The first-order valence-corrected chi connectivity index (χ1v) is 8.24. The zero-order chi connectivity index (χ0) is 17.3. The Hall–Kier alpha value is -1.84.